The molecule has 5 nitrogen and oxygen atoms in total. The first-order chi connectivity index (χ1) is 10.9. The molecular weight excluding hydrogens is 278 g/mol. The van der Waals surface area contributed by atoms with Gasteiger partial charge in [0.1, 0.15) is 5.75 Å². The fourth-order valence-corrected chi connectivity index (χ4v) is 3.64. The molecule has 0 amide bonds. The highest BCUT2D eigenvalue weighted by Gasteiger charge is 2.38. The van der Waals surface area contributed by atoms with Crippen molar-refractivity contribution in [3.63, 3.8) is 0 Å². The van der Waals surface area contributed by atoms with Crippen molar-refractivity contribution in [1.29, 1.82) is 0 Å². The zero-order chi connectivity index (χ0) is 14.8. The standard InChI is InChI=1S/C17H21N3O2/c1-2-7-13(8-3-1)21-11-16-19-17(22-20-16)15-10-12-6-4-5-9-14(12)18-15/h1-3,7-8,12,14-15,18H,4-6,9-11H2. The molecule has 1 aromatic carbocycles. The average Bonchev–Trinajstić information content (AvgIpc) is 3.20. The van der Waals surface area contributed by atoms with Gasteiger partial charge < -0.3 is 14.6 Å². The van der Waals surface area contributed by atoms with Crippen LogP contribution < -0.4 is 10.1 Å². The number of rotatable bonds is 4. The molecule has 2 heterocycles. The van der Waals surface area contributed by atoms with Crippen LogP contribution in [0.25, 0.3) is 0 Å². The summed E-state index contributed by atoms with van der Waals surface area (Å²) in [4.78, 5) is 4.50. The molecule has 2 aromatic rings. The molecule has 116 valence electrons. The van der Waals surface area contributed by atoms with Crippen LogP contribution in [-0.2, 0) is 6.61 Å². The largest absolute Gasteiger partial charge is 0.485 e. The fraction of sp³-hybridized carbons (Fsp3) is 0.529. The van der Waals surface area contributed by atoms with Crippen LogP contribution in [-0.4, -0.2) is 16.2 Å². The van der Waals surface area contributed by atoms with Crippen LogP contribution >= 0.6 is 0 Å². The van der Waals surface area contributed by atoms with Crippen LogP contribution in [0.2, 0.25) is 0 Å². The molecule has 2 aliphatic rings. The molecule has 3 unspecified atom stereocenters. The van der Waals surface area contributed by atoms with Gasteiger partial charge >= 0.3 is 0 Å². The number of nitrogens with one attached hydrogen (secondary N) is 1. The predicted octanol–water partition coefficient (Wildman–Crippen LogP) is 3.24. The van der Waals surface area contributed by atoms with Crippen LogP contribution in [0, 0.1) is 5.92 Å². The maximum absolute atomic E-state index is 5.66. The molecule has 1 aliphatic carbocycles. The number of para-hydroxylation sites is 1. The van der Waals surface area contributed by atoms with Gasteiger partial charge in [0.25, 0.3) is 0 Å². The molecule has 1 saturated carbocycles. The average molecular weight is 299 g/mol. The maximum atomic E-state index is 5.66. The molecule has 1 aromatic heterocycles. The van der Waals surface area contributed by atoms with E-state index in [1.165, 1.54) is 25.7 Å². The molecule has 0 bridgehead atoms. The van der Waals surface area contributed by atoms with Crippen molar-refractivity contribution >= 4 is 0 Å². The normalized spacial score (nSPS) is 27.5. The van der Waals surface area contributed by atoms with E-state index in [-0.39, 0.29) is 6.04 Å². The summed E-state index contributed by atoms with van der Waals surface area (Å²) in [6, 6.07) is 10.5. The van der Waals surface area contributed by atoms with Gasteiger partial charge in [0.05, 0.1) is 6.04 Å². The predicted molar refractivity (Wildman–Crippen MR) is 81.3 cm³/mol. The highest BCUT2D eigenvalue weighted by Crippen LogP contribution is 2.38. The third-order valence-corrected chi connectivity index (χ3v) is 4.76. The molecule has 2 fully saturated rings. The number of hydrogen-bond donors (Lipinski definition) is 1. The van der Waals surface area contributed by atoms with E-state index in [4.69, 9.17) is 9.26 Å². The van der Waals surface area contributed by atoms with E-state index < -0.39 is 0 Å². The number of nitrogens with zero attached hydrogens (tertiary/aromatic N) is 2. The van der Waals surface area contributed by atoms with Crippen molar-refractivity contribution in [2.75, 3.05) is 0 Å². The quantitative estimate of drug-likeness (QED) is 0.939. The first kappa shape index (κ1) is 13.8. The smallest absolute Gasteiger partial charge is 0.243 e. The minimum Gasteiger partial charge on any atom is -0.485 e. The molecule has 0 spiro atoms. The van der Waals surface area contributed by atoms with Crippen molar-refractivity contribution < 1.29 is 9.26 Å². The maximum Gasteiger partial charge on any atom is 0.243 e. The van der Waals surface area contributed by atoms with Gasteiger partial charge in [0.15, 0.2) is 6.61 Å². The summed E-state index contributed by atoms with van der Waals surface area (Å²) in [5.74, 6) is 2.91. The topological polar surface area (TPSA) is 60.2 Å². The number of hydrogen-bond acceptors (Lipinski definition) is 5. The Morgan fingerprint density at radius 3 is 2.91 bits per heavy atom. The lowest BCUT2D eigenvalue weighted by molar-refractivity contribution is 0.282. The van der Waals surface area contributed by atoms with Gasteiger partial charge in [0, 0.05) is 6.04 Å². The van der Waals surface area contributed by atoms with E-state index in [1.54, 1.807) is 0 Å². The minimum absolute atomic E-state index is 0.214. The Balaban J connectivity index is 1.37. The number of ether oxygens (including phenoxy) is 1. The Morgan fingerprint density at radius 2 is 2.05 bits per heavy atom. The highest BCUT2D eigenvalue weighted by atomic mass is 16.5. The first-order valence-electron chi connectivity index (χ1n) is 8.15. The second-order valence-electron chi connectivity index (χ2n) is 6.26. The summed E-state index contributed by atoms with van der Waals surface area (Å²) >= 11 is 0. The van der Waals surface area contributed by atoms with Crippen LogP contribution in [0.3, 0.4) is 0 Å². The third kappa shape index (κ3) is 2.86. The van der Waals surface area contributed by atoms with Crippen LogP contribution in [0.1, 0.15) is 49.9 Å². The number of aromatic nitrogens is 2. The molecule has 4 rings (SSSR count). The van der Waals surface area contributed by atoms with Crippen molar-refractivity contribution in [2.24, 2.45) is 5.92 Å². The molecular formula is C17H21N3O2. The molecule has 0 radical (unpaired) electrons. The zero-order valence-electron chi connectivity index (χ0n) is 12.6. The Kier molecular flexibility index (Phi) is 3.81. The summed E-state index contributed by atoms with van der Waals surface area (Å²) < 4.78 is 11.1. The zero-order valence-corrected chi connectivity index (χ0v) is 12.6. The summed E-state index contributed by atoms with van der Waals surface area (Å²) in [7, 11) is 0. The van der Waals surface area contributed by atoms with Gasteiger partial charge in [-0.3, -0.25) is 0 Å². The van der Waals surface area contributed by atoms with Crippen molar-refractivity contribution in [2.45, 2.75) is 50.8 Å². The van der Waals surface area contributed by atoms with E-state index in [9.17, 15) is 0 Å². The number of benzene rings is 1. The lowest BCUT2D eigenvalue weighted by atomic mass is 9.85. The second kappa shape index (κ2) is 6.08. The third-order valence-electron chi connectivity index (χ3n) is 4.76. The lowest BCUT2D eigenvalue weighted by Gasteiger charge is -2.24. The number of fused-ring (bicyclic) bond motifs is 1. The molecule has 1 saturated heterocycles. The highest BCUT2D eigenvalue weighted by molar-refractivity contribution is 5.21. The van der Waals surface area contributed by atoms with Crippen LogP contribution in [0.15, 0.2) is 34.9 Å². The first-order valence-corrected chi connectivity index (χ1v) is 8.15. The van der Waals surface area contributed by atoms with Gasteiger partial charge in [-0.2, -0.15) is 4.98 Å². The van der Waals surface area contributed by atoms with Gasteiger partial charge in [-0.05, 0) is 37.3 Å². The van der Waals surface area contributed by atoms with E-state index >= 15 is 0 Å². The molecule has 1 aliphatic heterocycles. The summed E-state index contributed by atoms with van der Waals surface area (Å²) in [5.41, 5.74) is 0. The van der Waals surface area contributed by atoms with Gasteiger partial charge in [0.2, 0.25) is 11.7 Å². The second-order valence-corrected chi connectivity index (χ2v) is 6.26. The molecule has 1 N–H and O–H groups in total. The lowest BCUT2D eigenvalue weighted by Crippen LogP contribution is -2.30. The fourth-order valence-electron chi connectivity index (χ4n) is 3.64. The van der Waals surface area contributed by atoms with E-state index in [0.717, 1.165) is 18.1 Å². The van der Waals surface area contributed by atoms with Crippen molar-refractivity contribution in [3.8, 4) is 5.75 Å². The SMILES string of the molecule is c1ccc(OCc2noc(C3CC4CCCCC4N3)n2)cc1. The Morgan fingerprint density at radius 1 is 1.18 bits per heavy atom. The van der Waals surface area contributed by atoms with Crippen molar-refractivity contribution in [3.05, 3.63) is 42.0 Å². The Bertz CT molecular complexity index is 599. The van der Waals surface area contributed by atoms with Crippen LogP contribution in [0.5, 0.6) is 5.75 Å². The molecule has 5 heteroatoms. The van der Waals surface area contributed by atoms with Gasteiger partial charge in [-0.1, -0.05) is 36.2 Å². The Labute approximate surface area is 130 Å². The molecule has 22 heavy (non-hydrogen) atoms. The summed E-state index contributed by atoms with van der Waals surface area (Å²) in [6.07, 6.45) is 6.41. The van der Waals surface area contributed by atoms with E-state index in [2.05, 4.69) is 15.5 Å². The minimum atomic E-state index is 0.214. The van der Waals surface area contributed by atoms with Crippen molar-refractivity contribution in [1.82, 2.24) is 15.5 Å². The van der Waals surface area contributed by atoms with E-state index in [0.29, 0.717) is 24.4 Å². The monoisotopic (exact) mass is 299 g/mol. The van der Waals surface area contributed by atoms with Gasteiger partial charge in [-0.25, -0.2) is 0 Å². The van der Waals surface area contributed by atoms with Gasteiger partial charge in [-0.15, -0.1) is 0 Å². The molecule has 3 atom stereocenters. The summed E-state index contributed by atoms with van der Waals surface area (Å²) in [5, 5.41) is 7.70. The summed E-state index contributed by atoms with van der Waals surface area (Å²) in [6.45, 7) is 0.340. The van der Waals surface area contributed by atoms with E-state index in [1.807, 2.05) is 30.3 Å². The van der Waals surface area contributed by atoms with Crippen LogP contribution in [0.4, 0.5) is 0 Å². The Hall–Kier alpha value is -1.88.